The normalized spacial score (nSPS) is 25.9. The van der Waals surface area contributed by atoms with Gasteiger partial charge < -0.3 is 5.32 Å². The third-order valence-electron chi connectivity index (χ3n) is 5.75. The number of benzene rings is 1. The number of nitrogens with one attached hydrogen (secondary N) is 1. The van der Waals surface area contributed by atoms with E-state index in [0.717, 1.165) is 38.3 Å². The number of rotatable bonds is 3. The lowest BCUT2D eigenvalue weighted by Crippen LogP contribution is -2.56. The molecule has 3 rings (SSSR count). The Morgan fingerprint density at radius 3 is 2.28 bits per heavy atom. The van der Waals surface area contributed by atoms with Crippen LogP contribution in [0.25, 0.3) is 0 Å². The summed E-state index contributed by atoms with van der Waals surface area (Å²) in [6.07, 6.45) is -1.85. The van der Waals surface area contributed by atoms with Gasteiger partial charge in [-0.05, 0) is 57.5 Å². The zero-order valence-electron chi connectivity index (χ0n) is 15.0. The van der Waals surface area contributed by atoms with Crippen molar-refractivity contribution in [3.63, 3.8) is 0 Å². The number of hydrogen-bond donors (Lipinski definition) is 1. The molecule has 140 valence electrons. The molecule has 2 saturated heterocycles. The van der Waals surface area contributed by atoms with Gasteiger partial charge in [-0.25, -0.2) is 0 Å². The highest BCUT2D eigenvalue weighted by molar-refractivity contribution is 5.26. The minimum Gasteiger partial charge on any atom is -0.317 e. The molecule has 2 heterocycles. The van der Waals surface area contributed by atoms with Gasteiger partial charge >= 0.3 is 6.18 Å². The number of piperidine rings is 1. The van der Waals surface area contributed by atoms with Gasteiger partial charge in [0.05, 0.1) is 5.56 Å². The van der Waals surface area contributed by atoms with Crippen LogP contribution in [0.5, 0.6) is 0 Å². The van der Waals surface area contributed by atoms with Crippen LogP contribution in [-0.2, 0) is 6.18 Å². The molecule has 25 heavy (non-hydrogen) atoms. The van der Waals surface area contributed by atoms with Crippen molar-refractivity contribution in [1.29, 1.82) is 0 Å². The summed E-state index contributed by atoms with van der Waals surface area (Å²) in [5, 5.41) is 3.41. The number of hydrogen-bond acceptors (Lipinski definition) is 3. The minimum atomic E-state index is -4.27. The molecular formula is C19H28F3N3. The zero-order chi connectivity index (χ0) is 18.0. The van der Waals surface area contributed by atoms with Crippen LogP contribution in [0.1, 0.15) is 43.9 Å². The fraction of sp³-hybridized carbons (Fsp3) is 0.684. The van der Waals surface area contributed by atoms with Crippen molar-refractivity contribution in [2.45, 2.75) is 51.0 Å². The van der Waals surface area contributed by atoms with E-state index in [1.807, 2.05) is 0 Å². The van der Waals surface area contributed by atoms with E-state index in [-0.39, 0.29) is 6.04 Å². The lowest BCUT2D eigenvalue weighted by molar-refractivity contribution is -0.137. The first-order chi connectivity index (χ1) is 11.9. The Morgan fingerprint density at radius 1 is 1.08 bits per heavy atom. The Bertz CT molecular complexity index is 552. The lowest BCUT2D eigenvalue weighted by Gasteiger charge is -2.46. The van der Waals surface area contributed by atoms with Crippen molar-refractivity contribution in [2.24, 2.45) is 0 Å². The fourth-order valence-corrected chi connectivity index (χ4v) is 4.22. The largest absolute Gasteiger partial charge is 0.416 e. The topological polar surface area (TPSA) is 18.5 Å². The maximum Gasteiger partial charge on any atom is 0.416 e. The summed E-state index contributed by atoms with van der Waals surface area (Å²) in [7, 11) is 0. The Morgan fingerprint density at radius 2 is 1.72 bits per heavy atom. The second-order valence-electron chi connectivity index (χ2n) is 7.36. The molecule has 3 nitrogen and oxygen atoms in total. The Labute approximate surface area is 148 Å². The van der Waals surface area contributed by atoms with Gasteiger partial charge in [-0.15, -0.1) is 0 Å². The maximum atomic E-state index is 12.7. The molecule has 0 unspecified atom stereocenters. The summed E-state index contributed by atoms with van der Waals surface area (Å²) in [5.74, 6) is 0. The number of alkyl halides is 3. The predicted octanol–water partition coefficient (Wildman–Crippen LogP) is 3.52. The van der Waals surface area contributed by atoms with Crippen LogP contribution in [0.15, 0.2) is 24.3 Å². The van der Waals surface area contributed by atoms with Gasteiger partial charge in [-0.1, -0.05) is 12.1 Å². The standard InChI is InChI=1S/C19H28F3N3/c1-14-13-24(18-7-9-23-10-8-18)11-12-25(14)15(2)16-3-5-17(6-4-16)19(20,21)22/h3-6,14-15,18,23H,7-13H2,1-2H3/t14-,15+/m0/s1. The predicted molar refractivity (Wildman–Crippen MR) is 93.5 cm³/mol. The van der Waals surface area contributed by atoms with Crippen LogP contribution in [-0.4, -0.2) is 54.6 Å². The second kappa shape index (κ2) is 7.64. The van der Waals surface area contributed by atoms with Gasteiger partial charge in [0.15, 0.2) is 0 Å². The summed E-state index contributed by atoms with van der Waals surface area (Å²) in [4.78, 5) is 5.02. The van der Waals surface area contributed by atoms with Gasteiger partial charge in [-0.3, -0.25) is 9.80 Å². The summed E-state index contributed by atoms with van der Waals surface area (Å²) in [6.45, 7) is 9.57. The third kappa shape index (κ3) is 4.36. The summed E-state index contributed by atoms with van der Waals surface area (Å²) < 4.78 is 38.2. The van der Waals surface area contributed by atoms with Crippen LogP contribution < -0.4 is 5.32 Å². The molecule has 0 spiro atoms. The van der Waals surface area contributed by atoms with Crippen molar-refractivity contribution >= 4 is 0 Å². The molecule has 0 bridgehead atoms. The molecule has 1 N–H and O–H groups in total. The maximum absolute atomic E-state index is 12.7. The molecule has 0 saturated carbocycles. The average Bonchev–Trinajstić information content (AvgIpc) is 2.61. The Kier molecular flexibility index (Phi) is 5.71. The van der Waals surface area contributed by atoms with Crippen LogP contribution in [0.4, 0.5) is 13.2 Å². The van der Waals surface area contributed by atoms with Gasteiger partial charge in [0.25, 0.3) is 0 Å². The molecule has 1 aromatic carbocycles. The summed E-state index contributed by atoms with van der Waals surface area (Å²) >= 11 is 0. The lowest BCUT2D eigenvalue weighted by atomic mass is 9.99. The molecule has 2 aliphatic heterocycles. The monoisotopic (exact) mass is 355 g/mol. The van der Waals surface area contributed by atoms with Crippen molar-refractivity contribution in [1.82, 2.24) is 15.1 Å². The highest BCUT2D eigenvalue weighted by Gasteiger charge is 2.33. The zero-order valence-corrected chi connectivity index (χ0v) is 15.0. The first-order valence-electron chi connectivity index (χ1n) is 9.24. The molecule has 6 heteroatoms. The van der Waals surface area contributed by atoms with Crippen LogP contribution in [0.3, 0.4) is 0 Å². The minimum absolute atomic E-state index is 0.132. The first-order valence-corrected chi connectivity index (χ1v) is 9.24. The molecule has 0 radical (unpaired) electrons. The Hall–Kier alpha value is -1.11. The van der Waals surface area contributed by atoms with E-state index in [1.54, 1.807) is 12.1 Å². The highest BCUT2D eigenvalue weighted by atomic mass is 19.4. The third-order valence-corrected chi connectivity index (χ3v) is 5.75. The number of halogens is 3. The molecule has 0 aliphatic carbocycles. The van der Waals surface area contributed by atoms with Crippen molar-refractivity contribution in [3.8, 4) is 0 Å². The molecule has 2 fully saturated rings. The summed E-state index contributed by atoms with van der Waals surface area (Å²) in [6, 6.07) is 6.85. The van der Waals surface area contributed by atoms with E-state index in [2.05, 4.69) is 29.0 Å². The molecular weight excluding hydrogens is 327 g/mol. The van der Waals surface area contributed by atoms with Crippen LogP contribution >= 0.6 is 0 Å². The van der Waals surface area contributed by atoms with Gasteiger partial charge in [0.2, 0.25) is 0 Å². The molecule has 2 atom stereocenters. The van der Waals surface area contributed by atoms with E-state index in [4.69, 9.17) is 0 Å². The number of piperazine rings is 1. The Balaban J connectivity index is 1.62. The first kappa shape index (κ1) is 18.7. The van der Waals surface area contributed by atoms with Gasteiger partial charge in [0, 0.05) is 37.8 Å². The molecule has 1 aromatic rings. The van der Waals surface area contributed by atoms with E-state index in [0.29, 0.717) is 12.1 Å². The van der Waals surface area contributed by atoms with E-state index >= 15 is 0 Å². The fourth-order valence-electron chi connectivity index (χ4n) is 4.22. The van der Waals surface area contributed by atoms with Crippen molar-refractivity contribution in [3.05, 3.63) is 35.4 Å². The van der Waals surface area contributed by atoms with E-state index in [1.165, 1.54) is 25.0 Å². The van der Waals surface area contributed by atoms with E-state index < -0.39 is 11.7 Å². The van der Waals surface area contributed by atoms with Crippen LogP contribution in [0, 0.1) is 0 Å². The van der Waals surface area contributed by atoms with Crippen LogP contribution in [0.2, 0.25) is 0 Å². The molecule has 0 aromatic heterocycles. The molecule has 2 aliphatic rings. The number of nitrogens with zero attached hydrogens (tertiary/aromatic N) is 2. The highest BCUT2D eigenvalue weighted by Crippen LogP contribution is 2.32. The van der Waals surface area contributed by atoms with Crippen molar-refractivity contribution < 1.29 is 13.2 Å². The van der Waals surface area contributed by atoms with Gasteiger partial charge in [0.1, 0.15) is 0 Å². The SMILES string of the molecule is C[C@H](c1ccc(C(F)(F)F)cc1)N1CCN(C2CCNCC2)C[C@@H]1C. The quantitative estimate of drug-likeness (QED) is 0.895. The average molecular weight is 355 g/mol. The second-order valence-corrected chi connectivity index (χ2v) is 7.36. The van der Waals surface area contributed by atoms with Crippen molar-refractivity contribution in [2.75, 3.05) is 32.7 Å². The summed E-state index contributed by atoms with van der Waals surface area (Å²) in [5.41, 5.74) is 0.377. The van der Waals surface area contributed by atoms with E-state index in [9.17, 15) is 13.2 Å². The van der Waals surface area contributed by atoms with Gasteiger partial charge in [-0.2, -0.15) is 13.2 Å². The smallest absolute Gasteiger partial charge is 0.317 e. The molecule has 0 amide bonds.